The topological polar surface area (TPSA) is 585 Å². The van der Waals surface area contributed by atoms with Crippen LogP contribution in [-0.2, 0) is 61.6 Å². The van der Waals surface area contributed by atoms with Crippen molar-refractivity contribution >= 4 is 0 Å². The highest BCUT2D eigenvalue weighted by Crippen LogP contribution is 2.37. The van der Waals surface area contributed by atoms with Crippen molar-refractivity contribution in [2.24, 2.45) is 0 Å². The molecule has 0 aromatic heterocycles. The van der Waals surface area contributed by atoms with Crippen molar-refractivity contribution in [3.8, 4) is 0 Å². The minimum atomic E-state index is -2.25. The lowest BCUT2D eigenvalue weighted by Gasteiger charge is -2.49. The summed E-state index contributed by atoms with van der Waals surface area (Å²) in [7, 11) is 0. The van der Waals surface area contributed by atoms with Crippen molar-refractivity contribution in [1.29, 1.82) is 0 Å². The number of hydrogen-bond acceptors (Lipinski definition) is 36. The molecule has 78 heavy (non-hydrogen) atoms. The summed E-state index contributed by atoms with van der Waals surface area (Å²) in [6.07, 6.45) is -70.1. The SMILES string of the molecule is OC[C@H]1O[C@H](O[C@@H]2[C@H](O)[C@@H](O[C@@H]3[C@@H](O[C@@H]4[C@@H](OC[C@H]5O[C@H](O[C@@H]6[C@@H](O[C@H]7[C@@H](O)[C@H](O)[C@@H](CO)O[C@@H]7O)O[C@H](CO)[C@@H](O)[C@@H]6O)[C@@H](O)[C@@H](O)[C@@H]5O)O[C@H](CO)[C@@H](O)[C@@H]4O)O[C@H](CO)[C@@H](O)[C@@H]3O)O[C@H](CO)[C@H]2O)[C@@H](O)[C@@H](O)[C@@H]1O. The van der Waals surface area contributed by atoms with Gasteiger partial charge in [0.05, 0.1) is 46.2 Å². The van der Waals surface area contributed by atoms with Crippen LogP contribution in [0.3, 0.4) is 0 Å². The molecule has 456 valence electrons. The van der Waals surface area contributed by atoms with Gasteiger partial charge in [-0.05, 0) is 0 Å². The summed E-state index contributed by atoms with van der Waals surface area (Å²) in [6.45, 7) is -6.84. The van der Waals surface area contributed by atoms with Gasteiger partial charge in [0.1, 0.15) is 171 Å². The molecule has 7 rings (SSSR count). The normalized spacial score (nSPS) is 53.5. The van der Waals surface area contributed by atoms with Crippen LogP contribution in [0.25, 0.3) is 0 Å². The fourth-order valence-corrected chi connectivity index (χ4v) is 9.81. The maximum absolute atomic E-state index is 11.5. The van der Waals surface area contributed by atoms with Gasteiger partial charge in [-0.2, -0.15) is 0 Å². The minimum absolute atomic E-state index is 0.862. The summed E-state index contributed by atoms with van der Waals surface area (Å²) in [5, 5.41) is 244. The first-order valence-corrected chi connectivity index (χ1v) is 24.7. The highest BCUT2D eigenvalue weighted by Gasteiger charge is 2.58. The molecule has 7 saturated heterocycles. The minimum Gasteiger partial charge on any atom is -0.394 e. The maximum atomic E-state index is 11.5. The Morgan fingerprint density at radius 2 is 0.487 bits per heavy atom. The van der Waals surface area contributed by atoms with Crippen LogP contribution in [-0.4, -0.2) is 379 Å². The zero-order valence-corrected chi connectivity index (χ0v) is 40.8. The lowest BCUT2D eigenvalue weighted by atomic mass is 9.95. The van der Waals surface area contributed by atoms with Crippen LogP contribution in [0, 0.1) is 0 Å². The van der Waals surface area contributed by atoms with E-state index in [1.807, 2.05) is 0 Å². The molecule has 7 fully saturated rings. The number of aliphatic hydroxyl groups excluding tert-OH is 23. The van der Waals surface area contributed by atoms with Crippen LogP contribution in [0.15, 0.2) is 0 Å². The quantitative estimate of drug-likeness (QED) is 0.0571. The van der Waals surface area contributed by atoms with Gasteiger partial charge in [0.2, 0.25) is 0 Å². The van der Waals surface area contributed by atoms with Crippen LogP contribution in [0.4, 0.5) is 0 Å². The predicted molar refractivity (Wildman–Crippen MR) is 232 cm³/mol. The third kappa shape index (κ3) is 13.1. The van der Waals surface area contributed by atoms with Crippen molar-refractivity contribution in [2.75, 3.05) is 46.2 Å². The summed E-state index contributed by atoms with van der Waals surface area (Å²) in [5.41, 5.74) is 0. The molecule has 0 aromatic rings. The number of ether oxygens (including phenoxy) is 13. The highest BCUT2D eigenvalue weighted by molar-refractivity contribution is 5.00. The van der Waals surface area contributed by atoms with E-state index in [4.69, 9.17) is 61.6 Å². The zero-order valence-electron chi connectivity index (χ0n) is 40.8. The molecule has 0 saturated carbocycles. The lowest BCUT2D eigenvalue weighted by Crippen LogP contribution is -2.68. The Morgan fingerprint density at radius 1 is 0.218 bits per heavy atom. The molecule has 0 spiro atoms. The molecule has 7 aliphatic heterocycles. The molecule has 7 heterocycles. The van der Waals surface area contributed by atoms with Gasteiger partial charge in [0.15, 0.2) is 44.0 Å². The van der Waals surface area contributed by atoms with Gasteiger partial charge < -0.3 is 179 Å². The van der Waals surface area contributed by atoms with Crippen LogP contribution < -0.4 is 0 Å². The second-order valence-electron chi connectivity index (χ2n) is 19.6. The Balaban J connectivity index is 1.09. The van der Waals surface area contributed by atoms with E-state index >= 15 is 0 Å². The van der Waals surface area contributed by atoms with E-state index in [1.165, 1.54) is 0 Å². The molecule has 0 amide bonds. The Bertz CT molecular complexity index is 1820. The maximum Gasteiger partial charge on any atom is 0.187 e. The summed E-state index contributed by atoms with van der Waals surface area (Å²) in [5.74, 6) is 0. The lowest BCUT2D eigenvalue weighted by molar-refractivity contribution is -0.404. The first kappa shape index (κ1) is 64.1. The summed E-state index contributed by atoms with van der Waals surface area (Å²) in [4.78, 5) is 0. The van der Waals surface area contributed by atoms with Gasteiger partial charge in [-0.25, -0.2) is 0 Å². The molecule has 36 nitrogen and oxygen atoms in total. The first-order valence-electron chi connectivity index (χ1n) is 24.7. The molecule has 7 aliphatic rings. The van der Waals surface area contributed by atoms with Crippen LogP contribution in [0.5, 0.6) is 0 Å². The molecule has 0 unspecified atom stereocenters. The molecule has 0 aliphatic carbocycles. The van der Waals surface area contributed by atoms with E-state index in [1.54, 1.807) is 0 Å². The third-order valence-corrected chi connectivity index (χ3v) is 14.5. The Hall–Kier alpha value is -1.44. The van der Waals surface area contributed by atoms with Gasteiger partial charge in [-0.3, -0.25) is 0 Å². The molecule has 23 N–H and O–H groups in total. The zero-order chi connectivity index (χ0) is 57.3. The Morgan fingerprint density at radius 3 is 0.910 bits per heavy atom. The van der Waals surface area contributed by atoms with Crippen molar-refractivity contribution < 1.29 is 179 Å². The van der Waals surface area contributed by atoms with Crippen molar-refractivity contribution in [2.45, 2.75) is 215 Å². The number of hydrogen-bond donors (Lipinski definition) is 23. The van der Waals surface area contributed by atoms with Crippen LogP contribution in [0.1, 0.15) is 0 Å². The number of rotatable bonds is 19. The molecular weight excluding hydrogens is 1080 g/mol. The van der Waals surface area contributed by atoms with E-state index in [0.29, 0.717) is 0 Å². The molecule has 0 radical (unpaired) electrons. The van der Waals surface area contributed by atoms with Crippen molar-refractivity contribution in [3.05, 3.63) is 0 Å². The molecule has 0 bridgehead atoms. The first-order chi connectivity index (χ1) is 37.0. The van der Waals surface area contributed by atoms with E-state index in [-0.39, 0.29) is 0 Å². The molecule has 35 atom stereocenters. The highest BCUT2D eigenvalue weighted by atomic mass is 16.8. The van der Waals surface area contributed by atoms with Crippen LogP contribution in [0.2, 0.25) is 0 Å². The molecular formula is C42H72O36. The molecule has 0 aromatic carbocycles. The second kappa shape index (κ2) is 27.5. The van der Waals surface area contributed by atoms with Gasteiger partial charge in [0, 0.05) is 0 Å². The van der Waals surface area contributed by atoms with E-state index < -0.39 is 261 Å². The molecule has 36 heteroatoms. The summed E-state index contributed by atoms with van der Waals surface area (Å²) >= 11 is 0. The fourth-order valence-electron chi connectivity index (χ4n) is 9.81. The van der Waals surface area contributed by atoms with Gasteiger partial charge in [0.25, 0.3) is 0 Å². The van der Waals surface area contributed by atoms with Gasteiger partial charge >= 0.3 is 0 Å². The van der Waals surface area contributed by atoms with E-state index in [0.717, 1.165) is 0 Å². The standard InChI is InChI=1S/C42H72O36/c43-1-8-16(50)24(58)32(36(65)67-8)75-41-34(26(60)18(52)11(4-46)71-41)76-38-29(63)23(57)20(54)14(73-38)7-66-40-33(25(59)17(51)10(3-45)70-40)78-42-35(27(61)19(53)12(5-47)72-42)77-39-30(64)31(21(55)13(6-48)69-39)74-37-28(62)22(56)15(49)9(2-44)68-37/h8-65H,1-7H2/t8-,9-,10-,11-,12-,13-,14-,15-,16-,17-,18-,19-,20-,21-,22+,23+,24+,25+,26+,27+,28+,29+,30+,31+,32+,33+,34+,35+,36+,37-,38-,39-,40+,41-,42-/m1/s1. The smallest absolute Gasteiger partial charge is 0.187 e. The Kier molecular flexibility index (Phi) is 22.6. The average Bonchev–Trinajstić information content (AvgIpc) is 3.47. The second-order valence-corrected chi connectivity index (χ2v) is 19.6. The third-order valence-electron chi connectivity index (χ3n) is 14.5. The average molecular weight is 1150 g/mol. The van der Waals surface area contributed by atoms with Gasteiger partial charge in [-0.1, -0.05) is 0 Å². The predicted octanol–water partition coefficient (Wildman–Crippen LogP) is -16.3. The van der Waals surface area contributed by atoms with Crippen molar-refractivity contribution in [3.63, 3.8) is 0 Å². The monoisotopic (exact) mass is 1150 g/mol. The van der Waals surface area contributed by atoms with Crippen molar-refractivity contribution in [1.82, 2.24) is 0 Å². The number of aliphatic hydroxyl groups is 23. The van der Waals surface area contributed by atoms with Crippen LogP contribution >= 0.6 is 0 Å². The summed E-state index contributed by atoms with van der Waals surface area (Å²) < 4.78 is 73.1. The van der Waals surface area contributed by atoms with Gasteiger partial charge in [-0.15, -0.1) is 0 Å². The van der Waals surface area contributed by atoms with E-state index in [2.05, 4.69) is 0 Å². The summed E-state index contributed by atoms with van der Waals surface area (Å²) in [6, 6.07) is 0. The largest absolute Gasteiger partial charge is 0.394 e. The Labute approximate surface area is 439 Å². The van der Waals surface area contributed by atoms with E-state index in [9.17, 15) is 117 Å². The fraction of sp³-hybridized carbons (Fsp3) is 1.00.